The van der Waals surface area contributed by atoms with E-state index in [1.807, 2.05) is 0 Å². The summed E-state index contributed by atoms with van der Waals surface area (Å²) in [5.41, 5.74) is 3.00. The van der Waals surface area contributed by atoms with Crippen LogP contribution in [0, 0.1) is 5.92 Å². The summed E-state index contributed by atoms with van der Waals surface area (Å²) in [6, 6.07) is 9.25. The van der Waals surface area contributed by atoms with Crippen molar-refractivity contribution in [2.75, 3.05) is 13.1 Å². The highest BCUT2D eigenvalue weighted by atomic mass is 14.9. The summed E-state index contributed by atoms with van der Waals surface area (Å²) < 4.78 is 0. The minimum Gasteiger partial charge on any atom is -0.317 e. The molecule has 88 valence electrons. The molecular weight excluding hydrogens is 194 g/mol. The molecule has 2 atom stereocenters. The van der Waals surface area contributed by atoms with E-state index in [-0.39, 0.29) is 0 Å². The lowest BCUT2D eigenvalue weighted by molar-refractivity contribution is 0.247. The number of hydrogen-bond acceptors (Lipinski definition) is 1. The standard InChI is InChI=1S/C15H23N/c1-3-12-5-7-13(8-6-12)15-10-9-14(15)11-16-4-2/h5-8,14-16H,3-4,9-11H2,1-2H3. The Bertz CT molecular complexity index is 315. The predicted molar refractivity (Wildman–Crippen MR) is 69.8 cm³/mol. The number of rotatable bonds is 5. The van der Waals surface area contributed by atoms with Crippen LogP contribution in [-0.4, -0.2) is 13.1 Å². The van der Waals surface area contributed by atoms with Crippen LogP contribution in [0.1, 0.15) is 43.7 Å². The molecule has 0 heterocycles. The fourth-order valence-electron chi connectivity index (χ4n) is 2.58. The lowest BCUT2D eigenvalue weighted by atomic mass is 9.70. The Kier molecular flexibility index (Phi) is 4.00. The van der Waals surface area contributed by atoms with E-state index in [9.17, 15) is 0 Å². The third kappa shape index (κ3) is 2.46. The summed E-state index contributed by atoms with van der Waals surface area (Å²) >= 11 is 0. The number of benzene rings is 1. The van der Waals surface area contributed by atoms with Crippen LogP contribution >= 0.6 is 0 Å². The maximum absolute atomic E-state index is 3.47. The summed E-state index contributed by atoms with van der Waals surface area (Å²) in [4.78, 5) is 0. The normalized spacial score (nSPS) is 24.1. The molecule has 0 saturated heterocycles. The average molecular weight is 217 g/mol. The van der Waals surface area contributed by atoms with Gasteiger partial charge in [-0.05, 0) is 55.3 Å². The highest BCUT2D eigenvalue weighted by Gasteiger charge is 2.31. The minimum atomic E-state index is 0.810. The molecule has 1 N–H and O–H groups in total. The summed E-state index contributed by atoms with van der Waals surface area (Å²) in [6.45, 7) is 6.69. The molecule has 1 aliphatic carbocycles. The van der Waals surface area contributed by atoms with Crippen molar-refractivity contribution in [1.82, 2.24) is 5.32 Å². The fourth-order valence-corrected chi connectivity index (χ4v) is 2.58. The quantitative estimate of drug-likeness (QED) is 0.797. The van der Waals surface area contributed by atoms with E-state index in [1.165, 1.54) is 24.9 Å². The molecule has 0 aromatic heterocycles. The third-order valence-electron chi connectivity index (χ3n) is 3.89. The van der Waals surface area contributed by atoms with Crippen molar-refractivity contribution in [3.8, 4) is 0 Å². The zero-order valence-corrected chi connectivity index (χ0v) is 10.5. The van der Waals surface area contributed by atoms with Gasteiger partial charge in [-0.15, -0.1) is 0 Å². The maximum atomic E-state index is 3.47. The topological polar surface area (TPSA) is 12.0 Å². The molecular formula is C15H23N. The van der Waals surface area contributed by atoms with Crippen LogP contribution in [0.25, 0.3) is 0 Å². The first-order chi connectivity index (χ1) is 7.85. The first-order valence-electron chi connectivity index (χ1n) is 6.64. The van der Waals surface area contributed by atoms with Gasteiger partial charge < -0.3 is 5.32 Å². The van der Waals surface area contributed by atoms with Gasteiger partial charge in [0, 0.05) is 0 Å². The molecule has 0 radical (unpaired) electrons. The molecule has 16 heavy (non-hydrogen) atoms. The van der Waals surface area contributed by atoms with Crippen LogP contribution in [0.5, 0.6) is 0 Å². The van der Waals surface area contributed by atoms with Gasteiger partial charge in [-0.2, -0.15) is 0 Å². The van der Waals surface area contributed by atoms with Crippen molar-refractivity contribution < 1.29 is 0 Å². The lowest BCUT2D eigenvalue weighted by Gasteiger charge is -2.37. The first kappa shape index (κ1) is 11.7. The molecule has 0 amide bonds. The van der Waals surface area contributed by atoms with E-state index >= 15 is 0 Å². The van der Waals surface area contributed by atoms with E-state index in [1.54, 1.807) is 5.56 Å². The van der Waals surface area contributed by atoms with E-state index in [0.717, 1.165) is 24.8 Å². The number of aryl methyl sites for hydroxylation is 1. The molecule has 1 fully saturated rings. The van der Waals surface area contributed by atoms with E-state index < -0.39 is 0 Å². The molecule has 1 saturated carbocycles. The largest absolute Gasteiger partial charge is 0.317 e. The number of nitrogens with one attached hydrogen (secondary N) is 1. The number of hydrogen-bond donors (Lipinski definition) is 1. The Labute approximate surface area is 99.3 Å². The summed E-state index contributed by atoms with van der Waals surface area (Å²) in [5.74, 6) is 1.68. The summed E-state index contributed by atoms with van der Waals surface area (Å²) in [7, 11) is 0. The van der Waals surface area contributed by atoms with Crippen LogP contribution in [0.2, 0.25) is 0 Å². The molecule has 1 aliphatic rings. The smallest absolute Gasteiger partial charge is 0.00148 e. The van der Waals surface area contributed by atoms with Gasteiger partial charge in [-0.25, -0.2) is 0 Å². The lowest BCUT2D eigenvalue weighted by Crippen LogP contribution is -2.33. The van der Waals surface area contributed by atoms with Crippen LogP contribution < -0.4 is 5.32 Å². The van der Waals surface area contributed by atoms with E-state index in [4.69, 9.17) is 0 Å². The van der Waals surface area contributed by atoms with Crippen molar-refractivity contribution in [2.45, 2.75) is 39.0 Å². The van der Waals surface area contributed by atoms with Crippen molar-refractivity contribution in [3.05, 3.63) is 35.4 Å². The van der Waals surface area contributed by atoms with E-state index in [2.05, 4.69) is 43.4 Å². The fraction of sp³-hybridized carbons (Fsp3) is 0.600. The molecule has 1 heteroatoms. The molecule has 0 bridgehead atoms. The molecule has 2 rings (SSSR count). The highest BCUT2D eigenvalue weighted by molar-refractivity contribution is 5.27. The van der Waals surface area contributed by atoms with Gasteiger partial charge in [-0.1, -0.05) is 38.1 Å². The highest BCUT2D eigenvalue weighted by Crippen LogP contribution is 2.42. The molecule has 0 spiro atoms. The Morgan fingerprint density at radius 3 is 2.38 bits per heavy atom. The molecule has 1 aromatic carbocycles. The third-order valence-corrected chi connectivity index (χ3v) is 3.89. The van der Waals surface area contributed by atoms with Gasteiger partial charge in [0.15, 0.2) is 0 Å². The van der Waals surface area contributed by atoms with Gasteiger partial charge in [0.25, 0.3) is 0 Å². The second-order valence-electron chi connectivity index (χ2n) is 4.85. The second-order valence-corrected chi connectivity index (χ2v) is 4.85. The molecule has 1 aromatic rings. The molecule has 2 unspecified atom stereocenters. The zero-order chi connectivity index (χ0) is 11.4. The van der Waals surface area contributed by atoms with Crippen LogP contribution in [0.3, 0.4) is 0 Å². The maximum Gasteiger partial charge on any atom is -0.00148 e. The monoisotopic (exact) mass is 217 g/mol. The summed E-state index contributed by atoms with van der Waals surface area (Å²) in [5, 5.41) is 3.47. The Morgan fingerprint density at radius 1 is 1.12 bits per heavy atom. The summed E-state index contributed by atoms with van der Waals surface area (Å²) in [6.07, 6.45) is 3.92. The van der Waals surface area contributed by atoms with Gasteiger partial charge in [-0.3, -0.25) is 0 Å². The van der Waals surface area contributed by atoms with Crippen LogP contribution in [-0.2, 0) is 6.42 Å². The van der Waals surface area contributed by atoms with Crippen molar-refractivity contribution in [3.63, 3.8) is 0 Å². The van der Waals surface area contributed by atoms with Gasteiger partial charge >= 0.3 is 0 Å². The first-order valence-corrected chi connectivity index (χ1v) is 6.64. The Morgan fingerprint density at radius 2 is 1.88 bits per heavy atom. The van der Waals surface area contributed by atoms with Crippen molar-refractivity contribution in [1.29, 1.82) is 0 Å². The van der Waals surface area contributed by atoms with Gasteiger partial charge in [0.1, 0.15) is 0 Å². The van der Waals surface area contributed by atoms with E-state index in [0.29, 0.717) is 0 Å². The van der Waals surface area contributed by atoms with Crippen LogP contribution in [0.4, 0.5) is 0 Å². The SMILES string of the molecule is CCNCC1CCC1c1ccc(CC)cc1. The van der Waals surface area contributed by atoms with Crippen LogP contribution in [0.15, 0.2) is 24.3 Å². The zero-order valence-electron chi connectivity index (χ0n) is 10.5. The molecule has 0 aliphatic heterocycles. The molecule has 1 nitrogen and oxygen atoms in total. The Hall–Kier alpha value is -0.820. The average Bonchev–Trinajstić information content (AvgIpc) is 2.29. The van der Waals surface area contributed by atoms with Gasteiger partial charge in [0.2, 0.25) is 0 Å². The minimum absolute atomic E-state index is 0.810. The van der Waals surface area contributed by atoms with Crippen molar-refractivity contribution >= 4 is 0 Å². The second kappa shape index (κ2) is 5.49. The van der Waals surface area contributed by atoms with Crippen molar-refractivity contribution in [2.24, 2.45) is 5.92 Å². The van der Waals surface area contributed by atoms with Gasteiger partial charge in [0.05, 0.1) is 0 Å². The Balaban J connectivity index is 1.95. The predicted octanol–water partition coefficient (Wildman–Crippen LogP) is 3.35.